The summed E-state index contributed by atoms with van der Waals surface area (Å²) in [6.07, 6.45) is 47.0. The molecule has 0 bridgehead atoms. The fourth-order valence-electron chi connectivity index (χ4n) is 6.22. The summed E-state index contributed by atoms with van der Waals surface area (Å²) in [5.74, 6) is -0.918. The normalized spacial score (nSPS) is 20.7. The first-order valence-electron chi connectivity index (χ1n) is 23.3. The van der Waals surface area contributed by atoms with Crippen LogP contribution in [0.2, 0.25) is 0 Å². The molecule has 10 nitrogen and oxygen atoms in total. The molecule has 0 aromatic heterocycles. The highest BCUT2D eigenvalue weighted by molar-refractivity contribution is 5.70. The third-order valence-electron chi connectivity index (χ3n) is 9.94. The van der Waals surface area contributed by atoms with Gasteiger partial charge in [-0.1, -0.05) is 143 Å². The van der Waals surface area contributed by atoms with E-state index in [0.717, 1.165) is 64.2 Å². The summed E-state index contributed by atoms with van der Waals surface area (Å²) < 4.78 is 22.1. The molecular formula is C51H82O10. The fourth-order valence-corrected chi connectivity index (χ4v) is 6.22. The maximum Gasteiger partial charge on any atom is 0.306 e. The number of aliphatic hydroxyl groups excluding tert-OH is 4. The van der Waals surface area contributed by atoms with Crippen LogP contribution in [0.1, 0.15) is 155 Å². The van der Waals surface area contributed by atoms with Crippen molar-refractivity contribution in [2.75, 3.05) is 19.8 Å². The average Bonchev–Trinajstić information content (AvgIpc) is 3.26. The van der Waals surface area contributed by atoms with Crippen LogP contribution in [0.4, 0.5) is 0 Å². The predicted molar refractivity (Wildman–Crippen MR) is 247 cm³/mol. The van der Waals surface area contributed by atoms with Crippen molar-refractivity contribution in [2.24, 2.45) is 0 Å². The number of unbranched alkanes of at least 4 members (excludes halogenated alkanes) is 10. The molecule has 1 saturated heterocycles. The van der Waals surface area contributed by atoms with Crippen LogP contribution in [-0.4, -0.2) is 89.0 Å². The fraction of sp³-hybridized carbons (Fsp3) is 0.647. The molecule has 0 radical (unpaired) electrons. The minimum atomic E-state index is -1.62. The van der Waals surface area contributed by atoms with Gasteiger partial charge in [0.1, 0.15) is 31.0 Å². The molecule has 346 valence electrons. The Kier molecular flexibility index (Phi) is 37.1. The van der Waals surface area contributed by atoms with Gasteiger partial charge >= 0.3 is 11.9 Å². The number of carbonyl (C=O) groups is 2. The lowest BCUT2D eigenvalue weighted by Gasteiger charge is -2.39. The van der Waals surface area contributed by atoms with Gasteiger partial charge in [-0.25, -0.2) is 0 Å². The maximum absolute atomic E-state index is 12.8. The second-order valence-corrected chi connectivity index (χ2v) is 15.5. The van der Waals surface area contributed by atoms with Gasteiger partial charge in [0, 0.05) is 12.8 Å². The lowest BCUT2D eigenvalue weighted by Crippen LogP contribution is -2.59. The Hall–Kier alpha value is -3.38. The molecule has 1 rings (SSSR count). The van der Waals surface area contributed by atoms with Crippen molar-refractivity contribution in [3.05, 3.63) is 97.2 Å². The summed E-state index contributed by atoms with van der Waals surface area (Å²) in [7, 11) is 0. The summed E-state index contributed by atoms with van der Waals surface area (Å²) in [6, 6.07) is 0. The van der Waals surface area contributed by atoms with Crippen molar-refractivity contribution in [1.29, 1.82) is 0 Å². The molecule has 2 unspecified atom stereocenters. The van der Waals surface area contributed by atoms with E-state index in [1.54, 1.807) is 0 Å². The monoisotopic (exact) mass is 855 g/mol. The molecule has 0 amide bonds. The van der Waals surface area contributed by atoms with Crippen molar-refractivity contribution in [3.63, 3.8) is 0 Å². The third kappa shape index (κ3) is 32.0. The highest BCUT2D eigenvalue weighted by Crippen LogP contribution is 2.22. The molecule has 0 aromatic rings. The Morgan fingerprint density at radius 2 is 0.934 bits per heavy atom. The Morgan fingerprint density at radius 3 is 1.39 bits per heavy atom. The molecule has 10 heteroatoms. The molecule has 0 aromatic carbocycles. The number of carbonyl (C=O) groups excluding carboxylic acids is 2. The Balaban J connectivity index is 2.40. The van der Waals surface area contributed by atoms with Gasteiger partial charge in [-0.3, -0.25) is 9.59 Å². The quantitative estimate of drug-likeness (QED) is 0.0270. The van der Waals surface area contributed by atoms with Gasteiger partial charge in [0.15, 0.2) is 12.4 Å². The van der Waals surface area contributed by atoms with E-state index < -0.39 is 55.4 Å². The second kappa shape index (κ2) is 40.7. The number of esters is 2. The molecular weight excluding hydrogens is 773 g/mol. The van der Waals surface area contributed by atoms with Crippen LogP contribution in [0.15, 0.2) is 97.2 Å². The van der Waals surface area contributed by atoms with E-state index in [4.69, 9.17) is 18.9 Å². The number of hydrogen-bond acceptors (Lipinski definition) is 10. The van der Waals surface area contributed by atoms with Gasteiger partial charge in [0.25, 0.3) is 0 Å². The van der Waals surface area contributed by atoms with E-state index >= 15 is 0 Å². The maximum atomic E-state index is 12.8. The van der Waals surface area contributed by atoms with E-state index in [2.05, 4.69) is 105 Å². The molecule has 6 atom stereocenters. The summed E-state index contributed by atoms with van der Waals surface area (Å²) in [5.41, 5.74) is 0. The van der Waals surface area contributed by atoms with Crippen LogP contribution in [0.25, 0.3) is 0 Å². The molecule has 1 heterocycles. The van der Waals surface area contributed by atoms with E-state index in [1.165, 1.54) is 44.9 Å². The number of allylic oxidation sites excluding steroid dienone is 16. The highest BCUT2D eigenvalue weighted by atomic mass is 16.7. The van der Waals surface area contributed by atoms with Crippen molar-refractivity contribution in [3.8, 4) is 0 Å². The van der Waals surface area contributed by atoms with Crippen LogP contribution in [-0.2, 0) is 28.5 Å². The zero-order valence-corrected chi connectivity index (χ0v) is 37.6. The van der Waals surface area contributed by atoms with Crippen LogP contribution in [0.3, 0.4) is 0 Å². The first kappa shape index (κ1) is 55.6. The Bertz CT molecular complexity index is 1310. The molecule has 4 N–H and O–H groups in total. The molecule has 0 saturated carbocycles. The first-order chi connectivity index (χ1) is 29.8. The molecule has 1 fully saturated rings. The Labute approximate surface area is 368 Å². The SMILES string of the molecule is CCCCC/C=C/C/C=C/C/C=C/C/C=C/CCCCCC(=O)OC[C@@H](CO[C@H]1O[C@@H](CO)[C@@H](O)C(O)C1O)OC(=O)CCC/C=C/C/C=C/C/C=C/C/C=C/CCCCC. The standard InChI is InChI=1S/C51H82O10/c1-3-5-7-9-11-13-15-17-19-21-22-24-25-27-29-31-33-35-37-39-46(53)58-42-44(43-59-51-50(57)49(56)48(55)45(41-52)61-51)60-47(54)40-38-36-34-32-30-28-26-23-20-18-16-14-12-10-8-6-4-2/h11-14,17-20,22,24,26-29,32,34,44-45,48-52,55-57H,3-10,15-16,21,23,25,30-31,33,35-43H2,1-2H3/b13-11+,14-12+,19-17+,20-18+,24-22+,28-26+,29-27+,34-32+/t44-,45-,48+,49?,50?,51-/m0/s1. The molecule has 1 aliphatic rings. The molecule has 0 aliphatic carbocycles. The van der Waals surface area contributed by atoms with E-state index in [-0.39, 0.29) is 26.1 Å². The van der Waals surface area contributed by atoms with Crippen molar-refractivity contribution >= 4 is 11.9 Å². The third-order valence-corrected chi connectivity index (χ3v) is 9.94. The van der Waals surface area contributed by atoms with Gasteiger partial charge in [-0.2, -0.15) is 0 Å². The van der Waals surface area contributed by atoms with E-state index in [1.807, 2.05) is 6.08 Å². The van der Waals surface area contributed by atoms with Gasteiger partial charge in [0.2, 0.25) is 0 Å². The van der Waals surface area contributed by atoms with Crippen molar-refractivity contribution < 1.29 is 49.0 Å². The zero-order valence-electron chi connectivity index (χ0n) is 37.6. The van der Waals surface area contributed by atoms with Gasteiger partial charge in [0.05, 0.1) is 13.2 Å². The second-order valence-electron chi connectivity index (χ2n) is 15.5. The topological polar surface area (TPSA) is 152 Å². The number of ether oxygens (including phenoxy) is 4. The minimum Gasteiger partial charge on any atom is -0.462 e. The summed E-state index contributed by atoms with van der Waals surface area (Å²) in [6.45, 7) is 3.26. The predicted octanol–water partition coefficient (Wildman–Crippen LogP) is 10.3. The smallest absolute Gasteiger partial charge is 0.306 e. The first-order valence-corrected chi connectivity index (χ1v) is 23.3. The highest BCUT2D eigenvalue weighted by Gasteiger charge is 2.44. The number of rotatable bonds is 37. The zero-order chi connectivity index (χ0) is 44.4. The van der Waals surface area contributed by atoms with Gasteiger partial charge in [-0.15, -0.1) is 0 Å². The van der Waals surface area contributed by atoms with Gasteiger partial charge < -0.3 is 39.4 Å². The van der Waals surface area contributed by atoms with E-state index in [9.17, 15) is 30.0 Å². The van der Waals surface area contributed by atoms with Crippen molar-refractivity contribution in [2.45, 2.75) is 192 Å². The Morgan fingerprint density at radius 1 is 0.508 bits per heavy atom. The summed E-state index contributed by atoms with van der Waals surface area (Å²) in [5, 5.41) is 40.1. The van der Waals surface area contributed by atoms with Crippen LogP contribution in [0.5, 0.6) is 0 Å². The number of hydrogen-bond donors (Lipinski definition) is 4. The van der Waals surface area contributed by atoms with E-state index in [0.29, 0.717) is 19.3 Å². The minimum absolute atomic E-state index is 0.141. The van der Waals surface area contributed by atoms with Crippen molar-refractivity contribution in [1.82, 2.24) is 0 Å². The summed E-state index contributed by atoms with van der Waals surface area (Å²) in [4.78, 5) is 25.3. The lowest BCUT2D eigenvalue weighted by molar-refractivity contribution is -0.305. The average molecular weight is 855 g/mol. The van der Waals surface area contributed by atoms with Crippen LogP contribution >= 0.6 is 0 Å². The largest absolute Gasteiger partial charge is 0.462 e. The summed E-state index contributed by atoms with van der Waals surface area (Å²) >= 11 is 0. The van der Waals surface area contributed by atoms with Gasteiger partial charge in [-0.05, 0) is 96.3 Å². The van der Waals surface area contributed by atoms with Crippen LogP contribution < -0.4 is 0 Å². The molecule has 0 spiro atoms. The number of aliphatic hydroxyl groups is 4. The van der Waals surface area contributed by atoms with Crippen LogP contribution in [0, 0.1) is 0 Å². The molecule has 1 aliphatic heterocycles. The molecule has 61 heavy (non-hydrogen) atoms. The lowest BCUT2D eigenvalue weighted by atomic mass is 9.99.